The summed E-state index contributed by atoms with van der Waals surface area (Å²) in [5, 5.41) is 0. The highest BCUT2D eigenvalue weighted by atomic mass is 27.3. The summed E-state index contributed by atoms with van der Waals surface area (Å²) in [5.41, 5.74) is 3.94. The molecule has 5 nitrogen and oxygen atoms in total. The van der Waals surface area contributed by atoms with Crippen molar-refractivity contribution < 1.29 is 16.1 Å². The molecule has 0 spiro atoms. The summed E-state index contributed by atoms with van der Waals surface area (Å²) in [6.45, 7) is 21.3. The molecule has 0 unspecified atom stereocenters. The minimum absolute atomic E-state index is 0.0127. The third kappa shape index (κ3) is 8.43. The van der Waals surface area contributed by atoms with E-state index in [-0.39, 0.29) is 23.0 Å². The minimum atomic E-state index is -2.45. The predicted molar refractivity (Wildman–Crippen MR) is 143 cm³/mol. The number of aliphatic imine (C=N–C) groups is 1. The molecule has 0 aliphatic rings. The van der Waals surface area contributed by atoms with Gasteiger partial charge < -0.3 is 16.1 Å². The summed E-state index contributed by atoms with van der Waals surface area (Å²) in [4.78, 5) is 4.76. The molecule has 0 fully saturated rings. The summed E-state index contributed by atoms with van der Waals surface area (Å²) in [6, 6.07) is 12.1. The third-order valence-corrected chi connectivity index (χ3v) is 7.16. The van der Waals surface area contributed by atoms with Crippen LogP contribution in [0.1, 0.15) is 85.9 Å². The number of rotatable bonds is 9. The van der Waals surface area contributed by atoms with Crippen molar-refractivity contribution in [1.29, 1.82) is 0 Å². The van der Waals surface area contributed by atoms with E-state index in [0.29, 0.717) is 0 Å². The minimum Gasteiger partial charge on any atom is -0.598 e. The van der Waals surface area contributed by atoms with Crippen molar-refractivity contribution in [3.63, 3.8) is 0 Å². The smallest absolute Gasteiger partial charge is 0.598 e. The number of hydrogen-bond donors (Lipinski definition) is 0. The van der Waals surface area contributed by atoms with Gasteiger partial charge in [0.05, 0.1) is 18.5 Å². The summed E-state index contributed by atoms with van der Waals surface area (Å²) in [5.74, 6) is 1.59. The normalized spacial score (nSPS) is 12.6. The van der Waals surface area contributed by atoms with Crippen molar-refractivity contribution in [2.24, 2.45) is 4.99 Å². The Labute approximate surface area is 211 Å². The van der Waals surface area contributed by atoms with Gasteiger partial charge in [0.1, 0.15) is 5.75 Å². The summed E-state index contributed by atoms with van der Waals surface area (Å²) in [6.07, 6.45) is 1.91. The Morgan fingerprint density at radius 3 is 1.82 bits per heavy atom. The molecule has 0 bridgehead atoms. The molecule has 0 atom stereocenters. The third-order valence-electron chi connectivity index (χ3n) is 5.20. The lowest BCUT2D eigenvalue weighted by molar-refractivity contribution is 0.0844. The van der Waals surface area contributed by atoms with Gasteiger partial charge in [0, 0.05) is 24.0 Å². The SMILES string of the molecule is COc1ccc(N=Cc2cc(C(C)(C)C)cc(C(C)(C)C)c2[O][Al]([O]C(C)C)[O]C(C)C)cc1. The van der Waals surface area contributed by atoms with Gasteiger partial charge in [-0.2, -0.15) is 0 Å². The molecule has 0 aromatic heterocycles. The highest BCUT2D eigenvalue weighted by Crippen LogP contribution is 2.38. The number of benzene rings is 2. The second-order valence-electron chi connectivity index (χ2n) is 11.2. The topological polar surface area (TPSA) is 49.3 Å². The second kappa shape index (κ2) is 11.7. The fourth-order valence-electron chi connectivity index (χ4n) is 3.31. The average molecular weight is 484 g/mol. The van der Waals surface area contributed by atoms with Crippen molar-refractivity contribution >= 4 is 27.1 Å². The quantitative estimate of drug-likeness (QED) is 0.278. The lowest BCUT2D eigenvalue weighted by Gasteiger charge is -2.30. The van der Waals surface area contributed by atoms with E-state index in [4.69, 9.17) is 21.1 Å². The van der Waals surface area contributed by atoms with E-state index in [9.17, 15) is 0 Å². The zero-order chi connectivity index (χ0) is 25.7. The number of ether oxygens (including phenoxy) is 1. The van der Waals surface area contributed by atoms with Crippen LogP contribution in [0, 0.1) is 0 Å². The zero-order valence-corrected chi connectivity index (χ0v) is 24.0. The van der Waals surface area contributed by atoms with Crippen LogP contribution in [0.25, 0.3) is 0 Å². The maximum absolute atomic E-state index is 6.60. The van der Waals surface area contributed by atoms with Crippen LogP contribution in [0.3, 0.4) is 0 Å². The molecule has 0 amide bonds. The van der Waals surface area contributed by atoms with E-state index in [1.165, 1.54) is 5.56 Å². The molecule has 0 aliphatic heterocycles. The standard InChI is InChI=1S/C22H29NO2.2C3H7O.Al/c1-21(2,3)16-12-15(20(24)19(13-16)22(4,5)6)14-23-17-8-10-18(25-7)11-9-17;2*1-3(2)4;/h8-14,24H,1-7H3;2*3H,1-2H3;/q;2*-1;+3/p-1. The zero-order valence-electron chi connectivity index (χ0n) is 22.9. The first-order chi connectivity index (χ1) is 15.7. The summed E-state index contributed by atoms with van der Waals surface area (Å²) >= 11 is -2.45. The van der Waals surface area contributed by atoms with Crippen LogP contribution < -0.4 is 8.53 Å². The Bertz CT molecular complexity index is 944. The van der Waals surface area contributed by atoms with Crippen LogP contribution in [0.5, 0.6) is 11.5 Å². The second-order valence-corrected chi connectivity index (χ2v) is 12.5. The molecule has 34 heavy (non-hydrogen) atoms. The van der Waals surface area contributed by atoms with Gasteiger partial charge in [-0.15, -0.1) is 0 Å². The van der Waals surface area contributed by atoms with Gasteiger partial charge in [0.25, 0.3) is 0 Å². The first kappa shape index (κ1) is 28.4. The highest BCUT2D eigenvalue weighted by molar-refractivity contribution is 6.37. The van der Waals surface area contributed by atoms with Crippen LogP contribution >= 0.6 is 0 Å². The monoisotopic (exact) mass is 483 g/mol. The molecule has 0 aliphatic carbocycles. The van der Waals surface area contributed by atoms with E-state index in [2.05, 4.69) is 53.7 Å². The molecule has 0 heterocycles. The maximum Gasteiger partial charge on any atom is 1.00 e. The molecule has 6 heteroatoms. The molecule has 2 aromatic rings. The van der Waals surface area contributed by atoms with E-state index < -0.39 is 15.1 Å². The Morgan fingerprint density at radius 2 is 1.38 bits per heavy atom. The lowest BCUT2D eigenvalue weighted by atomic mass is 9.79. The van der Waals surface area contributed by atoms with Gasteiger partial charge in [0.2, 0.25) is 0 Å². The van der Waals surface area contributed by atoms with Gasteiger partial charge in [-0.05, 0) is 80.0 Å². The molecule has 2 aromatic carbocycles. The molecule has 186 valence electrons. The summed E-state index contributed by atoms with van der Waals surface area (Å²) < 4.78 is 24.1. The van der Waals surface area contributed by atoms with Crippen LogP contribution in [-0.4, -0.2) is 40.7 Å². The molecular formula is C28H42AlNO4. The van der Waals surface area contributed by atoms with Gasteiger partial charge in [-0.25, -0.2) is 0 Å². The average Bonchev–Trinajstić information content (AvgIpc) is 2.70. The molecular weight excluding hydrogens is 441 g/mol. The molecule has 0 saturated heterocycles. The fraction of sp³-hybridized carbons (Fsp3) is 0.536. The number of nitrogens with zero attached hydrogens (tertiary/aromatic N) is 1. The number of methoxy groups -OCH3 is 1. The number of hydrogen-bond acceptors (Lipinski definition) is 5. The Kier molecular flexibility index (Phi) is 9.80. The Morgan fingerprint density at radius 1 is 0.824 bits per heavy atom. The highest BCUT2D eigenvalue weighted by Gasteiger charge is 2.40. The molecule has 2 rings (SSSR count). The fourth-order valence-corrected chi connectivity index (χ4v) is 4.83. The van der Waals surface area contributed by atoms with E-state index in [0.717, 1.165) is 28.3 Å². The Hall–Kier alpha value is -1.84. The predicted octanol–water partition coefficient (Wildman–Crippen LogP) is 7.25. The van der Waals surface area contributed by atoms with Crippen molar-refractivity contribution in [2.75, 3.05) is 7.11 Å². The van der Waals surface area contributed by atoms with E-state index in [1.54, 1.807) is 7.11 Å². The van der Waals surface area contributed by atoms with Crippen molar-refractivity contribution in [1.82, 2.24) is 0 Å². The van der Waals surface area contributed by atoms with Gasteiger partial charge in [0.15, 0.2) is 0 Å². The Balaban J connectivity index is 2.66. The van der Waals surface area contributed by atoms with Gasteiger partial charge in [-0.3, -0.25) is 4.99 Å². The van der Waals surface area contributed by atoms with Crippen LogP contribution in [0.4, 0.5) is 5.69 Å². The van der Waals surface area contributed by atoms with Crippen LogP contribution in [-0.2, 0) is 18.4 Å². The van der Waals surface area contributed by atoms with Crippen molar-refractivity contribution in [2.45, 2.75) is 92.3 Å². The molecule has 0 saturated carbocycles. The first-order valence-corrected chi connectivity index (χ1v) is 13.5. The van der Waals surface area contributed by atoms with Gasteiger partial charge >= 0.3 is 15.1 Å². The van der Waals surface area contributed by atoms with E-state index >= 15 is 0 Å². The molecule has 0 radical (unpaired) electrons. The van der Waals surface area contributed by atoms with Crippen molar-refractivity contribution in [3.05, 3.63) is 53.1 Å². The van der Waals surface area contributed by atoms with Crippen LogP contribution in [0.15, 0.2) is 41.4 Å². The largest absolute Gasteiger partial charge is 1.00 e. The van der Waals surface area contributed by atoms with Gasteiger partial charge in [-0.1, -0.05) is 47.6 Å². The van der Waals surface area contributed by atoms with E-state index in [1.807, 2.05) is 58.2 Å². The van der Waals surface area contributed by atoms with Crippen molar-refractivity contribution in [3.8, 4) is 11.5 Å². The summed E-state index contributed by atoms with van der Waals surface area (Å²) in [7, 11) is 1.66. The first-order valence-electron chi connectivity index (χ1n) is 12.1. The lowest BCUT2D eigenvalue weighted by Crippen LogP contribution is -2.36. The molecule has 0 N–H and O–H groups in total. The van der Waals surface area contributed by atoms with Crippen LogP contribution in [0.2, 0.25) is 0 Å². The maximum atomic E-state index is 6.60.